The molecule has 0 spiro atoms. The van der Waals surface area contributed by atoms with E-state index in [2.05, 4.69) is 30.2 Å². The Morgan fingerprint density at radius 3 is 2.90 bits per heavy atom. The molecular formula is C14H18N6O. The smallest absolute Gasteiger partial charge is 0.222 e. The van der Waals surface area contributed by atoms with Crippen molar-refractivity contribution in [2.24, 2.45) is 0 Å². The van der Waals surface area contributed by atoms with Crippen LogP contribution in [0.25, 0.3) is 0 Å². The maximum atomic E-state index is 5.15. The van der Waals surface area contributed by atoms with Crippen LogP contribution in [0, 0.1) is 0 Å². The Bertz CT molecular complexity index is 579. The van der Waals surface area contributed by atoms with Crippen LogP contribution in [0.5, 0.6) is 5.88 Å². The van der Waals surface area contributed by atoms with Gasteiger partial charge in [-0.15, -0.1) is 0 Å². The molecule has 7 nitrogen and oxygen atoms in total. The van der Waals surface area contributed by atoms with E-state index >= 15 is 0 Å². The van der Waals surface area contributed by atoms with Crippen LogP contribution in [0.15, 0.2) is 30.9 Å². The predicted molar refractivity (Wildman–Crippen MR) is 79.5 cm³/mol. The van der Waals surface area contributed by atoms with Gasteiger partial charge in [0.15, 0.2) is 0 Å². The average molecular weight is 286 g/mol. The lowest BCUT2D eigenvalue weighted by Gasteiger charge is -2.33. The normalized spacial score (nSPS) is 18.3. The number of piperidine rings is 1. The largest absolute Gasteiger partial charge is 0.481 e. The van der Waals surface area contributed by atoms with Gasteiger partial charge in [-0.05, 0) is 18.9 Å². The molecule has 2 aromatic rings. The van der Waals surface area contributed by atoms with E-state index in [4.69, 9.17) is 4.74 Å². The van der Waals surface area contributed by atoms with E-state index in [-0.39, 0.29) is 0 Å². The van der Waals surface area contributed by atoms with E-state index in [1.807, 2.05) is 12.1 Å². The molecule has 110 valence electrons. The van der Waals surface area contributed by atoms with Gasteiger partial charge in [-0.25, -0.2) is 19.9 Å². The molecule has 0 radical (unpaired) electrons. The molecule has 0 bridgehead atoms. The molecule has 0 amide bonds. The summed E-state index contributed by atoms with van der Waals surface area (Å²) in [6.07, 6.45) is 7.20. The number of hydrogen-bond acceptors (Lipinski definition) is 7. The molecule has 1 unspecified atom stereocenters. The van der Waals surface area contributed by atoms with Crippen LogP contribution in [0.3, 0.4) is 0 Å². The van der Waals surface area contributed by atoms with Gasteiger partial charge in [0.1, 0.15) is 12.1 Å². The third-order valence-corrected chi connectivity index (χ3v) is 3.48. The van der Waals surface area contributed by atoms with E-state index in [0.29, 0.717) is 17.9 Å². The van der Waals surface area contributed by atoms with Crippen molar-refractivity contribution in [2.75, 3.05) is 30.4 Å². The van der Waals surface area contributed by atoms with Gasteiger partial charge in [0.25, 0.3) is 0 Å². The fourth-order valence-corrected chi connectivity index (χ4v) is 2.47. The Morgan fingerprint density at radius 2 is 2.10 bits per heavy atom. The van der Waals surface area contributed by atoms with E-state index in [9.17, 15) is 0 Å². The van der Waals surface area contributed by atoms with Gasteiger partial charge in [-0.1, -0.05) is 0 Å². The quantitative estimate of drug-likeness (QED) is 0.909. The van der Waals surface area contributed by atoms with Crippen molar-refractivity contribution in [3.8, 4) is 5.88 Å². The lowest BCUT2D eigenvalue weighted by Crippen LogP contribution is -2.42. The summed E-state index contributed by atoms with van der Waals surface area (Å²) in [5, 5.41) is 3.37. The topological polar surface area (TPSA) is 76.1 Å². The van der Waals surface area contributed by atoms with Gasteiger partial charge >= 0.3 is 0 Å². The number of ether oxygens (including phenoxy) is 1. The highest BCUT2D eigenvalue weighted by atomic mass is 16.5. The maximum absolute atomic E-state index is 5.15. The van der Waals surface area contributed by atoms with Crippen molar-refractivity contribution in [1.82, 2.24) is 19.9 Å². The summed E-state index contributed by atoms with van der Waals surface area (Å²) in [5.41, 5.74) is 0. The van der Waals surface area contributed by atoms with E-state index < -0.39 is 0 Å². The van der Waals surface area contributed by atoms with Crippen molar-refractivity contribution in [1.29, 1.82) is 0 Å². The minimum absolute atomic E-state index is 0.308. The first-order chi connectivity index (χ1) is 10.3. The number of nitrogens with zero attached hydrogens (tertiary/aromatic N) is 5. The summed E-state index contributed by atoms with van der Waals surface area (Å²) in [6, 6.07) is 3.98. The Labute approximate surface area is 123 Å². The Balaban J connectivity index is 1.67. The molecule has 1 atom stereocenters. The zero-order valence-electron chi connectivity index (χ0n) is 11.9. The average Bonchev–Trinajstić information content (AvgIpc) is 2.56. The van der Waals surface area contributed by atoms with Gasteiger partial charge in [-0.3, -0.25) is 0 Å². The molecule has 2 aromatic heterocycles. The van der Waals surface area contributed by atoms with Crippen molar-refractivity contribution >= 4 is 11.8 Å². The number of hydrogen-bond donors (Lipinski definition) is 1. The molecule has 21 heavy (non-hydrogen) atoms. The molecule has 0 saturated carbocycles. The maximum Gasteiger partial charge on any atom is 0.222 e. The summed E-state index contributed by atoms with van der Waals surface area (Å²) in [7, 11) is 1.61. The first-order valence-electron chi connectivity index (χ1n) is 6.99. The Kier molecular flexibility index (Phi) is 4.09. The summed E-state index contributed by atoms with van der Waals surface area (Å²) in [6.45, 7) is 1.84. The second-order valence-electron chi connectivity index (χ2n) is 4.92. The number of methoxy groups -OCH3 is 1. The second-order valence-corrected chi connectivity index (χ2v) is 4.92. The first kappa shape index (κ1) is 13.5. The Hall–Kier alpha value is -2.44. The van der Waals surface area contributed by atoms with Gasteiger partial charge in [0, 0.05) is 37.6 Å². The number of anilines is 2. The van der Waals surface area contributed by atoms with Gasteiger partial charge in [0.05, 0.1) is 7.11 Å². The molecule has 1 saturated heterocycles. The van der Waals surface area contributed by atoms with Crippen molar-refractivity contribution in [2.45, 2.75) is 18.9 Å². The van der Waals surface area contributed by atoms with Crippen LogP contribution in [0.4, 0.5) is 11.8 Å². The first-order valence-corrected chi connectivity index (χ1v) is 6.99. The number of aromatic nitrogens is 4. The van der Waals surface area contributed by atoms with Crippen LogP contribution in [-0.2, 0) is 0 Å². The van der Waals surface area contributed by atoms with Crippen LogP contribution >= 0.6 is 0 Å². The second kappa shape index (κ2) is 6.34. The highest BCUT2D eigenvalue weighted by molar-refractivity contribution is 5.42. The molecule has 3 heterocycles. The molecule has 1 aliphatic rings. The summed E-state index contributed by atoms with van der Waals surface area (Å²) >= 11 is 0. The summed E-state index contributed by atoms with van der Waals surface area (Å²) < 4.78 is 5.15. The molecule has 3 rings (SSSR count). The molecule has 0 aromatic carbocycles. The third-order valence-electron chi connectivity index (χ3n) is 3.48. The van der Waals surface area contributed by atoms with Gasteiger partial charge in [-0.2, -0.15) is 0 Å². The van der Waals surface area contributed by atoms with Crippen LogP contribution < -0.4 is 15.0 Å². The SMILES string of the molecule is COc1cc(N2CCCC(Nc3ncccn3)C2)ncn1. The van der Waals surface area contributed by atoms with E-state index in [1.54, 1.807) is 19.5 Å². The van der Waals surface area contributed by atoms with Crippen molar-refractivity contribution < 1.29 is 4.74 Å². The van der Waals surface area contributed by atoms with Gasteiger partial charge < -0.3 is 15.0 Å². The highest BCUT2D eigenvalue weighted by Crippen LogP contribution is 2.21. The zero-order chi connectivity index (χ0) is 14.5. The van der Waals surface area contributed by atoms with Crippen molar-refractivity contribution in [3.63, 3.8) is 0 Å². The lowest BCUT2D eigenvalue weighted by molar-refractivity contribution is 0.396. The molecule has 1 aliphatic heterocycles. The minimum atomic E-state index is 0.308. The van der Waals surface area contributed by atoms with E-state index in [0.717, 1.165) is 31.7 Å². The monoisotopic (exact) mass is 286 g/mol. The molecule has 1 fully saturated rings. The summed E-state index contributed by atoms with van der Waals surface area (Å²) in [5.74, 6) is 2.15. The fraction of sp³-hybridized carbons (Fsp3) is 0.429. The predicted octanol–water partition coefficient (Wildman–Crippen LogP) is 1.36. The molecular weight excluding hydrogens is 268 g/mol. The van der Waals surface area contributed by atoms with Crippen LogP contribution in [0.2, 0.25) is 0 Å². The van der Waals surface area contributed by atoms with Crippen LogP contribution in [0.1, 0.15) is 12.8 Å². The third kappa shape index (κ3) is 3.36. The van der Waals surface area contributed by atoms with Crippen LogP contribution in [-0.4, -0.2) is 46.2 Å². The van der Waals surface area contributed by atoms with Gasteiger partial charge in [0.2, 0.25) is 11.8 Å². The standard InChI is InChI=1S/C14H18N6O/c1-21-13-8-12(17-10-18-13)20-7-2-4-11(9-20)19-14-15-5-3-6-16-14/h3,5-6,8,10-11H,2,4,7,9H2,1H3,(H,15,16,19). The Morgan fingerprint density at radius 1 is 1.24 bits per heavy atom. The number of nitrogens with one attached hydrogen (secondary N) is 1. The lowest BCUT2D eigenvalue weighted by atomic mass is 10.1. The van der Waals surface area contributed by atoms with Crippen molar-refractivity contribution in [3.05, 3.63) is 30.9 Å². The minimum Gasteiger partial charge on any atom is -0.481 e. The fourth-order valence-electron chi connectivity index (χ4n) is 2.47. The molecule has 7 heteroatoms. The number of rotatable bonds is 4. The zero-order valence-corrected chi connectivity index (χ0v) is 11.9. The molecule has 0 aliphatic carbocycles. The molecule has 1 N–H and O–H groups in total. The summed E-state index contributed by atoms with van der Waals surface area (Å²) in [4.78, 5) is 19.0. The van der Waals surface area contributed by atoms with E-state index in [1.165, 1.54) is 6.33 Å². The highest BCUT2D eigenvalue weighted by Gasteiger charge is 2.21.